The number of ether oxygens (including phenoxy) is 1. The van der Waals surface area contributed by atoms with Gasteiger partial charge in [-0.2, -0.15) is 4.98 Å². The van der Waals surface area contributed by atoms with Crippen LogP contribution in [-0.2, 0) is 0 Å². The molecule has 106 valence electrons. The number of hydrogen-bond donors (Lipinski definition) is 1. The SMILES string of the molecule is COc1ccc(O)c(-c2nc(-c3ncccc3Br)no2)c1. The number of aromatic hydroxyl groups is 1. The van der Waals surface area contributed by atoms with Crippen LogP contribution >= 0.6 is 15.9 Å². The van der Waals surface area contributed by atoms with E-state index in [0.29, 0.717) is 22.8 Å². The van der Waals surface area contributed by atoms with Gasteiger partial charge in [0.2, 0.25) is 5.82 Å². The maximum Gasteiger partial charge on any atom is 0.262 e. The highest BCUT2D eigenvalue weighted by Gasteiger charge is 2.17. The molecule has 0 radical (unpaired) electrons. The molecule has 0 saturated heterocycles. The predicted molar refractivity (Wildman–Crippen MR) is 78.9 cm³/mol. The molecule has 0 bridgehead atoms. The summed E-state index contributed by atoms with van der Waals surface area (Å²) in [5.74, 6) is 1.14. The van der Waals surface area contributed by atoms with E-state index in [1.807, 2.05) is 6.07 Å². The average Bonchev–Trinajstić information content (AvgIpc) is 2.97. The van der Waals surface area contributed by atoms with E-state index in [0.717, 1.165) is 4.47 Å². The third-order valence-corrected chi connectivity index (χ3v) is 3.47. The number of benzene rings is 1. The Morgan fingerprint density at radius 3 is 2.90 bits per heavy atom. The van der Waals surface area contributed by atoms with Crippen molar-refractivity contribution >= 4 is 15.9 Å². The summed E-state index contributed by atoms with van der Waals surface area (Å²) in [6.07, 6.45) is 1.64. The van der Waals surface area contributed by atoms with Gasteiger partial charge in [-0.3, -0.25) is 4.98 Å². The largest absolute Gasteiger partial charge is 0.507 e. The molecule has 0 spiro atoms. The van der Waals surface area contributed by atoms with E-state index in [1.54, 1.807) is 31.5 Å². The summed E-state index contributed by atoms with van der Waals surface area (Å²) in [6, 6.07) is 8.41. The van der Waals surface area contributed by atoms with E-state index in [4.69, 9.17) is 9.26 Å². The minimum atomic E-state index is 0.0334. The van der Waals surface area contributed by atoms with Crippen LogP contribution in [0.25, 0.3) is 23.0 Å². The van der Waals surface area contributed by atoms with Crippen LogP contribution in [0.15, 0.2) is 45.5 Å². The molecule has 2 aromatic heterocycles. The molecule has 0 aliphatic rings. The Labute approximate surface area is 128 Å². The highest BCUT2D eigenvalue weighted by Crippen LogP contribution is 2.33. The Kier molecular flexibility index (Phi) is 3.57. The fraction of sp³-hybridized carbons (Fsp3) is 0.0714. The number of hydrogen-bond acceptors (Lipinski definition) is 6. The minimum absolute atomic E-state index is 0.0334. The molecule has 7 heteroatoms. The van der Waals surface area contributed by atoms with Crippen molar-refractivity contribution in [1.82, 2.24) is 15.1 Å². The zero-order chi connectivity index (χ0) is 14.8. The Morgan fingerprint density at radius 2 is 2.14 bits per heavy atom. The van der Waals surface area contributed by atoms with Crippen molar-refractivity contribution in [3.63, 3.8) is 0 Å². The molecule has 1 N–H and O–H groups in total. The van der Waals surface area contributed by atoms with Crippen LogP contribution in [0, 0.1) is 0 Å². The first kappa shape index (κ1) is 13.6. The number of pyridine rings is 1. The van der Waals surface area contributed by atoms with Gasteiger partial charge in [0, 0.05) is 10.7 Å². The smallest absolute Gasteiger partial charge is 0.262 e. The molecular weight excluding hydrogens is 338 g/mol. The molecule has 21 heavy (non-hydrogen) atoms. The van der Waals surface area contributed by atoms with Crippen molar-refractivity contribution in [3.05, 3.63) is 41.0 Å². The third-order valence-electron chi connectivity index (χ3n) is 2.83. The summed E-state index contributed by atoms with van der Waals surface area (Å²) in [5, 5.41) is 13.8. The summed E-state index contributed by atoms with van der Waals surface area (Å²) >= 11 is 3.38. The minimum Gasteiger partial charge on any atom is -0.507 e. The molecule has 0 aliphatic carbocycles. The fourth-order valence-electron chi connectivity index (χ4n) is 1.79. The highest BCUT2D eigenvalue weighted by molar-refractivity contribution is 9.10. The van der Waals surface area contributed by atoms with Gasteiger partial charge in [0.05, 0.1) is 12.7 Å². The van der Waals surface area contributed by atoms with Gasteiger partial charge >= 0.3 is 0 Å². The number of methoxy groups -OCH3 is 1. The number of phenolic OH excluding ortho intramolecular Hbond substituents is 1. The van der Waals surface area contributed by atoms with Crippen LogP contribution in [0.5, 0.6) is 11.5 Å². The van der Waals surface area contributed by atoms with Crippen LogP contribution in [0.3, 0.4) is 0 Å². The molecule has 6 nitrogen and oxygen atoms in total. The van der Waals surface area contributed by atoms with E-state index in [9.17, 15) is 5.11 Å². The fourth-order valence-corrected chi connectivity index (χ4v) is 2.23. The van der Waals surface area contributed by atoms with Gasteiger partial charge in [0.1, 0.15) is 17.2 Å². The molecule has 0 aliphatic heterocycles. The molecule has 3 rings (SSSR count). The molecule has 0 atom stereocenters. The average molecular weight is 348 g/mol. The highest BCUT2D eigenvalue weighted by atomic mass is 79.9. The van der Waals surface area contributed by atoms with Gasteiger partial charge in [-0.15, -0.1) is 0 Å². The van der Waals surface area contributed by atoms with Gasteiger partial charge < -0.3 is 14.4 Å². The number of aromatic nitrogens is 3. The van der Waals surface area contributed by atoms with Crippen molar-refractivity contribution in [2.45, 2.75) is 0 Å². The van der Waals surface area contributed by atoms with Crippen molar-refractivity contribution in [3.8, 4) is 34.5 Å². The number of rotatable bonds is 3. The first-order valence-electron chi connectivity index (χ1n) is 6.01. The van der Waals surface area contributed by atoms with E-state index in [1.165, 1.54) is 6.07 Å². The topological polar surface area (TPSA) is 81.3 Å². The summed E-state index contributed by atoms with van der Waals surface area (Å²) in [6.45, 7) is 0. The second-order valence-electron chi connectivity index (χ2n) is 4.14. The van der Waals surface area contributed by atoms with E-state index < -0.39 is 0 Å². The van der Waals surface area contributed by atoms with Gasteiger partial charge in [-0.25, -0.2) is 0 Å². The van der Waals surface area contributed by atoms with Crippen LogP contribution in [-0.4, -0.2) is 27.3 Å². The van der Waals surface area contributed by atoms with Crippen LogP contribution < -0.4 is 4.74 Å². The molecule has 0 unspecified atom stereocenters. The van der Waals surface area contributed by atoms with Gasteiger partial charge in [-0.1, -0.05) is 5.16 Å². The molecule has 0 fully saturated rings. The molecule has 0 saturated carbocycles. The van der Waals surface area contributed by atoms with E-state index in [2.05, 4.69) is 31.1 Å². The Hall–Kier alpha value is -2.41. The molecule has 0 amide bonds. The van der Waals surface area contributed by atoms with Gasteiger partial charge in [-0.05, 0) is 46.3 Å². The molecule has 3 aromatic rings. The van der Waals surface area contributed by atoms with Gasteiger partial charge in [0.15, 0.2) is 0 Å². The van der Waals surface area contributed by atoms with E-state index >= 15 is 0 Å². The van der Waals surface area contributed by atoms with Crippen molar-refractivity contribution in [1.29, 1.82) is 0 Å². The third kappa shape index (κ3) is 2.59. The lowest BCUT2D eigenvalue weighted by atomic mass is 10.2. The van der Waals surface area contributed by atoms with Crippen LogP contribution in [0.2, 0.25) is 0 Å². The summed E-state index contributed by atoms with van der Waals surface area (Å²) in [4.78, 5) is 8.45. The summed E-state index contributed by atoms with van der Waals surface area (Å²) in [5.41, 5.74) is 0.968. The maximum absolute atomic E-state index is 9.91. The van der Waals surface area contributed by atoms with Crippen molar-refractivity contribution in [2.24, 2.45) is 0 Å². The first-order valence-corrected chi connectivity index (χ1v) is 6.80. The summed E-state index contributed by atoms with van der Waals surface area (Å²) in [7, 11) is 1.54. The Balaban J connectivity index is 2.05. The quantitative estimate of drug-likeness (QED) is 0.782. The normalized spacial score (nSPS) is 10.6. The maximum atomic E-state index is 9.91. The lowest BCUT2D eigenvalue weighted by Gasteiger charge is -2.03. The van der Waals surface area contributed by atoms with Gasteiger partial charge in [0.25, 0.3) is 5.89 Å². The predicted octanol–water partition coefficient (Wildman–Crippen LogP) is 3.28. The van der Waals surface area contributed by atoms with E-state index in [-0.39, 0.29) is 11.6 Å². The zero-order valence-electron chi connectivity index (χ0n) is 10.9. The standard InChI is InChI=1S/C14H10BrN3O3/c1-20-8-4-5-11(19)9(7-8)14-17-13(18-21-14)12-10(15)3-2-6-16-12/h2-7,19H,1H3. The monoisotopic (exact) mass is 347 g/mol. The second-order valence-corrected chi connectivity index (χ2v) is 4.99. The lowest BCUT2D eigenvalue weighted by molar-refractivity contribution is 0.408. The number of nitrogens with zero attached hydrogens (tertiary/aromatic N) is 3. The molecule has 1 aromatic carbocycles. The van der Waals surface area contributed by atoms with Crippen LogP contribution in [0.4, 0.5) is 0 Å². The Bertz CT molecular complexity index is 789. The summed E-state index contributed by atoms with van der Waals surface area (Å²) < 4.78 is 11.1. The molecular formula is C14H10BrN3O3. The lowest BCUT2D eigenvalue weighted by Crippen LogP contribution is -1.87. The number of halogens is 1. The zero-order valence-corrected chi connectivity index (χ0v) is 12.5. The second kappa shape index (κ2) is 5.53. The number of phenols is 1. The first-order chi connectivity index (χ1) is 10.2. The van der Waals surface area contributed by atoms with Crippen LogP contribution in [0.1, 0.15) is 0 Å². The van der Waals surface area contributed by atoms with Crippen molar-refractivity contribution < 1.29 is 14.4 Å². The van der Waals surface area contributed by atoms with Crippen molar-refractivity contribution in [2.75, 3.05) is 7.11 Å². The Morgan fingerprint density at radius 1 is 1.29 bits per heavy atom. The molecule has 2 heterocycles.